The van der Waals surface area contributed by atoms with Crippen molar-refractivity contribution in [3.63, 3.8) is 0 Å². The van der Waals surface area contributed by atoms with E-state index >= 15 is 0 Å². The predicted octanol–water partition coefficient (Wildman–Crippen LogP) is 1.09. The van der Waals surface area contributed by atoms with Gasteiger partial charge in [0.1, 0.15) is 12.4 Å². The van der Waals surface area contributed by atoms with E-state index in [9.17, 15) is 0 Å². The molecular formula is C16H15N5O. The van der Waals surface area contributed by atoms with E-state index in [1.54, 1.807) is 6.21 Å². The molecule has 6 heteroatoms. The van der Waals surface area contributed by atoms with Gasteiger partial charge >= 0.3 is 0 Å². The Morgan fingerprint density at radius 1 is 1.27 bits per heavy atom. The van der Waals surface area contributed by atoms with Crippen molar-refractivity contribution in [1.82, 2.24) is 9.97 Å². The van der Waals surface area contributed by atoms with Crippen LogP contribution in [0, 0.1) is 11.8 Å². The van der Waals surface area contributed by atoms with Crippen LogP contribution in [-0.4, -0.2) is 41.0 Å². The highest BCUT2D eigenvalue weighted by molar-refractivity contribution is 5.95. The molecule has 0 saturated heterocycles. The number of rotatable bonds is 3. The van der Waals surface area contributed by atoms with E-state index in [4.69, 9.17) is 10.8 Å². The number of aliphatic hydroxyl groups is 1. The summed E-state index contributed by atoms with van der Waals surface area (Å²) < 4.78 is 0. The third kappa shape index (κ3) is 2.90. The van der Waals surface area contributed by atoms with Crippen molar-refractivity contribution in [3.05, 3.63) is 29.8 Å². The Hall–Kier alpha value is -2.91. The summed E-state index contributed by atoms with van der Waals surface area (Å²) in [6.45, 7) is 0.912. The molecule has 0 bridgehead atoms. The highest BCUT2D eigenvalue weighted by atomic mass is 16.2. The first-order valence-electron chi connectivity index (χ1n) is 6.85. The molecule has 110 valence electrons. The minimum Gasteiger partial charge on any atom is -0.384 e. The van der Waals surface area contributed by atoms with Crippen LogP contribution in [0.2, 0.25) is 0 Å². The number of hydrogen-bond donors (Lipinski definition) is 3. The van der Waals surface area contributed by atoms with Gasteiger partial charge in [-0.1, -0.05) is 17.9 Å². The van der Waals surface area contributed by atoms with Crippen LogP contribution in [0.5, 0.6) is 0 Å². The van der Waals surface area contributed by atoms with E-state index in [0.29, 0.717) is 18.9 Å². The lowest BCUT2D eigenvalue weighted by Crippen LogP contribution is -2.06. The highest BCUT2D eigenvalue weighted by Crippen LogP contribution is 2.26. The second-order valence-electron chi connectivity index (χ2n) is 4.71. The minimum absolute atomic E-state index is 0.158. The lowest BCUT2D eigenvalue weighted by Gasteiger charge is -2.09. The number of allylic oxidation sites excluding steroid dienone is 1. The number of nitrogens with two attached hydrogens (primary N) is 1. The summed E-state index contributed by atoms with van der Waals surface area (Å²) in [7, 11) is 0. The maximum Gasteiger partial charge on any atom is 0.222 e. The number of fused-ring (bicyclic) bond motifs is 1. The van der Waals surface area contributed by atoms with Gasteiger partial charge in [-0.2, -0.15) is 4.98 Å². The summed E-state index contributed by atoms with van der Waals surface area (Å²) in [5.41, 5.74) is 8.79. The highest BCUT2D eigenvalue weighted by Gasteiger charge is 2.09. The van der Waals surface area contributed by atoms with Crippen molar-refractivity contribution in [2.75, 3.05) is 30.7 Å². The quantitative estimate of drug-likeness (QED) is 0.736. The number of aliphatic hydroxyl groups excluding tert-OH is 1. The summed E-state index contributed by atoms with van der Waals surface area (Å²) in [5.74, 6) is 6.20. The lowest BCUT2D eigenvalue weighted by atomic mass is 10.0. The fraction of sp³-hybridized carbons (Fsp3) is 0.188. The molecule has 4 N–H and O–H groups in total. The normalized spacial score (nSPS) is 12.9. The standard InChI is InChI=1S/C16H15N5O/c17-16-20-14-9-11(12-5-7-18-10-12)3-4-13(14)15(21-16)19-6-1-2-8-22/h3-5,7,9,22H,6,8,10H2,(H3,17,19,20,21). The van der Waals surface area contributed by atoms with Crippen LogP contribution in [0.25, 0.3) is 16.5 Å². The van der Waals surface area contributed by atoms with Crippen LogP contribution < -0.4 is 11.1 Å². The Balaban J connectivity index is 1.95. The fourth-order valence-electron chi connectivity index (χ4n) is 2.26. The molecule has 2 heterocycles. The molecule has 1 aliphatic heterocycles. The molecule has 0 fully saturated rings. The van der Waals surface area contributed by atoms with Gasteiger partial charge in [0.25, 0.3) is 0 Å². The molecule has 0 aliphatic carbocycles. The summed E-state index contributed by atoms with van der Waals surface area (Å²) in [6.07, 6.45) is 3.80. The molecular weight excluding hydrogens is 278 g/mol. The molecule has 0 saturated carbocycles. The van der Waals surface area contributed by atoms with E-state index in [2.05, 4.69) is 32.1 Å². The van der Waals surface area contributed by atoms with Crippen LogP contribution >= 0.6 is 0 Å². The molecule has 0 amide bonds. The molecule has 1 aromatic carbocycles. The maximum absolute atomic E-state index is 8.65. The lowest BCUT2D eigenvalue weighted by molar-refractivity contribution is 0.350. The summed E-state index contributed by atoms with van der Waals surface area (Å²) in [4.78, 5) is 12.7. The maximum atomic E-state index is 8.65. The van der Waals surface area contributed by atoms with Crippen LogP contribution in [-0.2, 0) is 0 Å². The number of nitrogens with zero attached hydrogens (tertiary/aromatic N) is 3. The summed E-state index contributed by atoms with van der Waals surface area (Å²) in [6, 6.07) is 5.97. The van der Waals surface area contributed by atoms with Crippen molar-refractivity contribution in [2.24, 2.45) is 4.99 Å². The number of aliphatic imine (C=N–C) groups is 1. The Morgan fingerprint density at radius 3 is 2.95 bits per heavy atom. The van der Waals surface area contributed by atoms with Gasteiger partial charge < -0.3 is 16.2 Å². The molecule has 1 aliphatic rings. The first-order valence-corrected chi connectivity index (χ1v) is 6.85. The molecule has 0 spiro atoms. The molecule has 0 unspecified atom stereocenters. The van der Waals surface area contributed by atoms with Gasteiger partial charge in [0.05, 0.1) is 18.6 Å². The first kappa shape index (κ1) is 14.0. The summed E-state index contributed by atoms with van der Waals surface area (Å²) >= 11 is 0. The van der Waals surface area contributed by atoms with Crippen LogP contribution in [0.4, 0.5) is 11.8 Å². The Morgan fingerprint density at radius 2 is 2.18 bits per heavy atom. The zero-order valence-electron chi connectivity index (χ0n) is 11.9. The number of aromatic nitrogens is 2. The Kier molecular flexibility index (Phi) is 3.99. The topological polar surface area (TPSA) is 96.4 Å². The first-order chi connectivity index (χ1) is 10.8. The van der Waals surface area contributed by atoms with Gasteiger partial charge in [-0.3, -0.25) is 4.99 Å². The zero-order chi connectivity index (χ0) is 15.4. The second kappa shape index (κ2) is 6.24. The van der Waals surface area contributed by atoms with E-state index < -0.39 is 0 Å². The molecule has 6 nitrogen and oxygen atoms in total. The Bertz CT molecular complexity index is 830. The number of nitrogen functional groups attached to an aromatic ring is 1. The number of anilines is 2. The van der Waals surface area contributed by atoms with Crippen molar-refractivity contribution < 1.29 is 5.11 Å². The zero-order valence-corrected chi connectivity index (χ0v) is 11.9. The van der Waals surface area contributed by atoms with Gasteiger partial charge in [-0.05, 0) is 29.3 Å². The van der Waals surface area contributed by atoms with Gasteiger partial charge in [0.2, 0.25) is 5.95 Å². The van der Waals surface area contributed by atoms with Gasteiger partial charge in [0, 0.05) is 11.6 Å². The number of hydrogen-bond acceptors (Lipinski definition) is 6. The molecule has 3 rings (SSSR count). The molecule has 0 atom stereocenters. The number of benzene rings is 1. The average molecular weight is 293 g/mol. The summed E-state index contributed by atoms with van der Waals surface area (Å²) in [5, 5.41) is 12.6. The number of nitrogens with one attached hydrogen (secondary N) is 1. The fourth-order valence-corrected chi connectivity index (χ4v) is 2.26. The van der Waals surface area contributed by atoms with Crippen molar-refractivity contribution in [2.45, 2.75) is 0 Å². The molecule has 2 aromatic rings. The third-order valence-electron chi connectivity index (χ3n) is 3.28. The Labute approximate surface area is 127 Å². The van der Waals surface area contributed by atoms with Crippen molar-refractivity contribution in [3.8, 4) is 11.8 Å². The van der Waals surface area contributed by atoms with Crippen molar-refractivity contribution in [1.29, 1.82) is 0 Å². The van der Waals surface area contributed by atoms with Crippen LogP contribution in [0.1, 0.15) is 5.56 Å². The monoisotopic (exact) mass is 293 g/mol. The molecule has 0 radical (unpaired) electrons. The average Bonchev–Trinajstić information content (AvgIpc) is 3.05. The van der Waals surface area contributed by atoms with Gasteiger partial charge in [0.15, 0.2) is 0 Å². The third-order valence-corrected chi connectivity index (χ3v) is 3.28. The van der Waals surface area contributed by atoms with E-state index in [1.807, 2.05) is 24.3 Å². The molecule has 1 aromatic heterocycles. The van der Waals surface area contributed by atoms with Crippen LogP contribution in [0.15, 0.2) is 29.3 Å². The second-order valence-corrected chi connectivity index (χ2v) is 4.71. The van der Waals surface area contributed by atoms with E-state index in [1.165, 1.54) is 0 Å². The SMILES string of the molecule is Nc1nc(NCC#CCO)c2ccc(C3=CC=NC3)cc2n1. The minimum atomic E-state index is -0.158. The molecule has 22 heavy (non-hydrogen) atoms. The van der Waals surface area contributed by atoms with Gasteiger partial charge in [-0.25, -0.2) is 4.98 Å². The van der Waals surface area contributed by atoms with E-state index in [-0.39, 0.29) is 12.6 Å². The van der Waals surface area contributed by atoms with Crippen molar-refractivity contribution >= 4 is 34.5 Å². The largest absolute Gasteiger partial charge is 0.384 e. The van der Waals surface area contributed by atoms with Gasteiger partial charge in [-0.15, -0.1) is 0 Å². The van der Waals surface area contributed by atoms with Crippen LogP contribution in [0.3, 0.4) is 0 Å². The predicted molar refractivity (Wildman–Crippen MR) is 88.6 cm³/mol. The van der Waals surface area contributed by atoms with E-state index in [0.717, 1.165) is 22.0 Å². The smallest absolute Gasteiger partial charge is 0.222 e.